The monoisotopic (exact) mass is 347 g/mol. The first-order valence-electron chi connectivity index (χ1n) is 7.24. The Morgan fingerprint density at radius 1 is 1.36 bits per heavy atom. The van der Waals surface area contributed by atoms with Crippen LogP contribution in [0.2, 0.25) is 5.02 Å². The molecule has 2 atom stereocenters. The van der Waals surface area contributed by atoms with E-state index >= 15 is 0 Å². The topological polar surface area (TPSA) is 52.7 Å². The largest absolute Gasteiger partial charge is 0.316 e. The average molecular weight is 348 g/mol. The van der Waals surface area contributed by atoms with E-state index in [0.717, 1.165) is 13.1 Å². The lowest BCUT2D eigenvalue weighted by Crippen LogP contribution is -2.41. The molecule has 2 heterocycles. The van der Waals surface area contributed by atoms with Crippen LogP contribution in [0.5, 0.6) is 0 Å². The number of benzene rings is 1. The summed E-state index contributed by atoms with van der Waals surface area (Å²) in [5, 5.41) is 3.52. The molecule has 1 N–H and O–H groups in total. The van der Waals surface area contributed by atoms with Gasteiger partial charge in [0.05, 0.1) is 0 Å². The molecule has 0 aromatic heterocycles. The highest BCUT2D eigenvalue weighted by Crippen LogP contribution is 2.30. The maximum absolute atomic E-state index is 13.8. The van der Waals surface area contributed by atoms with Crippen molar-refractivity contribution in [2.45, 2.75) is 6.54 Å². The number of nitrogens with zero attached hydrogens (tertiary/aromatic N) is 2. The third-order valence-electron chi connectivity index (χ3n) is 4.52. The summed E-state index contributed by atoms with van der Waals surface area (Å²) in [5.74, 6) is 0.262. The van der Waals surface area contributed by atoms with Crippen LogP contribution in [-0.4, -0.2) is 50.3 Å². The first-order chi connectivity index (χ1) is 10.4. The van der Waals surface area contributed by atoms with E-state index in [2.05, 4.69) is 5.32 Å². The Labute approximate surface area is 135 Å². The fraction of sp³-hybridized carbons (Fsp3) is 0.571. The van der Waals surface area contributed by atoms with Gasteiger partial charge in [-0.2, -0.15) is 17.0 Å². The van der Waals surface area contributed by atoms with Gasteiger partial charge in [-0.25, -0.2) is 4.39 Å². The van der Waals surface area contributed by atoms with Gasteiger partial charge in [-0.05, 0) is 37.1 Å². The van der Waals surface area contributed by atoms with E-state index in [1.807, 2.05) is 0 Å². The summed E-state index contributed by atoms with van der Waals surface area (Å²) < 4.78 is 41.8. The minimum Gasteiger partial charge on any atom is -0.316 e. The minimum atomic E-state index is -3.60. The highest BCUT2D eigenvalue weighted by atomic mass is 35.5. The van der Waals surface area contributed by atoms with Crippen LogP contribution in [0.15, 0.2) is 18.2 Å². The van der Waals surface area contributed by atoms with Crippen molar-refractivity contribution in [1.82, 2.24) is 13.9 Å². The van der Waals surface area contributed by atoms with Gasteiger partial charge in [0.15, 0.2) is 0 Å². The van der Waals surface area contributed by atoms with Gasteiger partial charge in [0.2, 0.25) is 0 Å². The molecule has 1 aromatic rings. The molecule has 122 valence electrons. The molecule has 3 rings (SSSR count). The number of hydrogen-bond donors (Lipinski definition) is 1. The molecule has 2 saturated heterocycles. The van der Waals surface area contributed by atoms with Crippen molar-refractivity contribution in [2.24, 2.45) is 11.8 Å². The van der Waals surface area contributed by atoms with Gasteiger partial charge in [-0.15, -0.1) is 0 Å². The molecule has 2 aliphatic rings. The molecule has 0 saturated carbocycles. The summed E-state index contributed by atoms with van der Waals surface area (Å²) in [4.78, 5) is 0. The summed E-state index contributed by atoms with van der Waals surface area (Å²) in [6.45, 7) is 2.70. The normalized spacial score (nSPS) is 25.8. The Bertz CT molecular complexity index is 638. The summed E-state index contributed by atoms with van der Waals surface area (Å²) in [6.07, 6.45) is 0. The third kappa shape index (κ3) is 2.88. The zero-order chi connectivity index (χ0) is 15.9. The van der Waals surface area contributed by atoms with E-state index in [1.165, 1.54) is 27.8 Å². The minimum absolute atomic E-state index is 0.0715. The number of halogens is 2. The van der Waals surface area contributed by atoms with Crippen LogP contribution in [0.4, 0.5) is 4.39 Å². The van der Waals surface area contributed by atoms with E-state index < -0.39 is 16.0 Å². The maximum atomic E-state index is 13.8. The SMILES string of the molecule is CN(Cc1c(F)cccc1Cl)S(=O)(=O)N1C[C@H]2CNC[C@H]2C1. The lowest BCUT2D eigenvalue weighted by Gasteiger charge is -2.25. The van der Waals surface area contributed by atoms with Gasteiger partial charge in [0.1, 0.15) is 5.82 Å². The molecular weight excluding hydrogens is 329 g/mol. The average Bonchev–Trinajstić information content (AvgIpc) is 3.04. The molecular formula is C14H19ClFN3O2S. The second-order valence-electron chi connectivity index (χ2n) is 5.96. The molecule has 8 heteroatoms. The Kier molecular flexibility index (Phi) is 4.44. The van der Waals surface area contributed by atoms with Gasteiger partial charge in [-0.1, -0.05) is 17.7 Å². The first kappa shape index (κ1) is 16.1. The van der Waals surface area contributed by atoms with Crippen LogP contribution in [0.25, 0.3) is 0 Å². The summed E-state index contributed by atoms with van der Waals surface area (Å²) in [5.41, 5.74) is 0.205. The van der Waals surface area contributed by atoms with E-state index in [4.69, 9.17) is 11.6 Å². The highest BCUT2D eigenvalue weighted by Gasteiger charge is 2.42. The quantitative estimate of drug-likeness (QED) is 0.893. The number of nitrogens with one attached hydrogen (secondary N) is 1. The van der Waals surface area contributed by atoms with Crippen LogP contribution in [0.3, 0.4) is 0 Å². The van der Waals surface area contributed by atoms with Gasteiger partial charge in [0.25, 0.3) is 10.2 Å². The Morgan fingerprint density at radius 2 is 2.00 bits per heavy atom. The lowest BCUT2D eigenvalue weighted by atomic mass is 10.0. The van der Waals surface area contributed by atoms with Crippen molar-refractivity contribution in [3.63, 3.8) is 0 Å². The van der Waals surface area contributed by atoms with Gasteiger partial charge >= 0.3 is 0 Å². The molecule has 1 aromatic carbocycles. The van der Waals surface area contributed by atoms with Crippen LogP contribution >= 0.6 is 11.6 Å². The first-order valence-corrected chi connectivity index (χ1v) is 9.02. The zero-order valence-electron chi connectivity index (χ0n) is 12.3. The van der Waals surface area contributed by atoms with Crippen molar-refractivity contribution >= 4 is 21.8 Å². The van der Waals surface area contributed by atoms with Crippen molar-refractivity contribution in [2.75, 3.05) is 33.2 Å². The predicted molar refractivity (Wildman–Crippen MR) is 83.2 cm³/mol. The molecule has 0 spiro atoms. The highest BCUT2D eigenvalue weighted by molar-refractivity contribution is 7.86. The standard InChI is InChI=1S/C14H19ClFN3O2S/c1-18(9-12-13(15)3-2-4-14(12)16)22(20,21)19-7-10-5-17-6-11(10)8-19/h2-4,10-11,17H,5-9H2,1H3/t10-,11+. The van der Waals surface area contributed by atoms with Gasteiger partial charge < -0.3 is 5.32 Å². The van der Waals surface area contributed by atoms with E-state index in [1.54, 1.807) is 6.07 Å². The molecule has 0 radical (unpaired) electrons. The van der Waals surface area contributed by atoms with Crippen molar-refractivity contribution < 1.29 is 12.8 Å². The predicted octanol–water partition coefficient (Wildman–Crippen LogP) is 1.31. The van der Waals surface area contributed by atoms with Crippen LogP contribution in [0.1, 0.15) is 5.56 Å². The summed E-state index contributed by atoms with van der Waals surface area (Å²) in [7, 11) is -2.14. The molecule has 22 heavy (non-hydrogen) atoms. The van der Waals surface area contributed by atoms with Crippen molar-refractivity contribution in [3.05, 3.63) is 34.6 Å². The second-order valence-corrected chi connectivity index (χ2v) is 8.40. The van der Waals surface area contributed by atoms with Crippen molar-refractivity contribution in [3.8, 4) is 0 Å². The molecule has 5 nitrogen and oxygen atoms in total. The third-order valence-corrected chi connectivity index (χ3v) is 6.74. The summed E-state index contributed by atoms with van der Waals surface area (Å²) >= 11 is 5.98. The molecule has 0 aliphatic carbocycles. The van der Waals surface area contributed by atoms with E-state index in [9.17, 15) is 12.8 Å². The smallest absolute Gasteiger partial charge is 0.282 e. The molecule has 0 unspecified atom stereocenters. The fourth-order valence-electron chi connectivity index (χ4n) is 3.19. The lowest BCUT2D eigenvalue weighted by molar-refractivity contribution is 0.375. The zero-order valence-corrected chi connectivity index (χ0v) is 13.9. The molecule has 2 fully saturated rings. The van der Waals surface area contributed by atoms with Gasteiger partial charge in [-0.3, -0.25) is 0 Å². The summed E-state index contributed by atoms with van der Waals surface area (Å²) in [6, 6.07) is 4.35. The number of fused-ring (bicyclic) bond motifs is 1. The fourth-order valence-corrected chi connectivity index (χ4v) is 4.85. The maximum Gasteiger partial charge on any atom is 0.282 e. The van der Waals surface area contributed by atoms with E-state index in [-0.39, 0.29) is 17.1 Å². The second kappa shape index (κ2) is 6.05. The molecule has 0 amide bonds. The van der Waals surface area contributed by atoms with Gasteiger partial charge in [0, 0.05) is 37.3 Å². The number of hydrogen-bond acceptors (Lipinski definition) is 3. The van der Waals surface area contributed by atoms with Crippen LogP contribution in [-0.2, 0) is 16.8 Å². The molecule has 2 aliphatic heterocycles. The van der Waals surface area contributed by atoms with Crippen molar-refractivity contribution in [1.29, 1.82) is 0 Å². The Hall–Kier alpha value is -0.730. The Morgan fingerprint density at radius 3 is 2.59 bits per heavy atom. The van der Waals surface area contributed by atoms with E-state index in [0.29, 0.717) is 24.9 Å². The number of rotatable bonds is 4. The van der Waals surface area contributed by atoms with Crippen LogP contribution < -0.4 is 5.32 Å². The molecule has 0 bridgehead atoms. The van der Waals surface area contributed by atoms with Crippen LogP contribution in [0, 0.1) is 17.7 Å². The Balaban J connectivity index is 1.75.